The zero-order valence-electron chi connectivity index (χ0n) is 15.9. The van der Waals surface area contributed by atoms with Gasteiger partial charge in [0.15, 0.2) is 0 Å². The molecule has 1 fully saturated rings. The SMILES string of the molecule is C[C@@H]1CN(C2=C(NS(=O)(=O)c3cccs3)C(=O)c3ccccc3C2=O)C[C@H](C)O1. The van der Waals surface area contributed by atoms with Crippen LogP contribution in [0.5, 0.6) is 0 Å². The first-order valence-corrected chi connectivity index (χ1v) is 11.5. The number of fused-ring (bicyclic) bond motifs is 1. The van der Waals surface area contributed by atoms with Crippen molar-refractivity contribution in [2.24, 2.45) is 0 Å². The summed E-state index contributed by atoms with van der Waals surface area (Å²) in [6.45, 7) is 4.51. The first kappa shape index (κ1) is 19.8. The lowest BCUT2D eigenvalue weighted by atomic mass is 9.89. The van der Waals surface area contributed by atoms with Crippen LogP contribution in [0.1, 0.15) is 34.6 Å². The molecular formula is C20H20N2O5S2. The van der Waals surface area contributed by atoms with E-state index in [-0.39, 0.29) is 44.7 Å². The molecule has 1 aliphatic carbocycles. The Labute approximate surface area is 173 Å². The number of rotatable bonds is 4. The van der Waals surface area contributed by atoms with Crippen LogP contribution in [0.15, 0.2) is 57.4 Å². The summed E-state index contributed by atoms with van der Waals surface area (Å²) in [7, 11) is -3.99. The van der Waals surface area contributed by atoms with Gasteiger partial charge in [0.2, 0.25) is 11.6 Å². The molecule has 152 valence electrons. The summed E-state index contributed by atoms with van der Waals surface area (Å²) in [6.07, 6.45) is -0.331. The quantitative estimate of drug-likeness (QED) is 0.798. The van der Waals surface area contributed by atoms with E-state index in [2.05, 4.69) is 4.72 Å². The van der Waals surface area contributed by atoms with Gasteiger partial charge in [0.25, 0.3) is 10.0 Å². The number of morpholine rings is 1. The zero-order chi connectivity index (χ0) is 20.8. The van der Waals surface area contributed by atoms with E-state index in [0.29, 0.717) is 13.1 Å². The number of ketones is 2. The van der Waals surface area contributed by atoms with Gasteiger partial charge in [-0.2, -0.15) is 0 Å². The van der Waals surface area contributed by atoms with Gasteiger partial charge in [-0.3, -0.25) is 14.3 Å². The maximum Gasteiger partial charge on any atom is 0.271 e. The topological polar surface area (TPSA) is 92.8 Å². The Bertz CT molecular complexity index is 1100. The fraction of sp³-hybridized carbons (Fsp3) is 0.300. The molecule has 29 heavy (non-hydrogen) atoms. The molecular weight excluding hydrogens is 412 g/mol. The van der Waals surface area contributed by atoms with Crippen LogP contribution in [0.2, 0.25) is 0 Å². The molecule has 2 atom stereocenters. The summed E-state index contributed by atoms with van der Waals surface area (Å²) in [5.74, 6) is -0.882. The molecule has 0 bridgehead atoms. The van der Waals surface area contributed by atoms with Gasteiger partial charge in [0.1, 0.15) is 15.6 Å². The minimum Gasteiger partial charge on any atom is -0.372 e. The van der Waals surface area contributed by atoms with Crippen molar-refractivity contribution in [1.29, 1.82) is 0 Å². The second-order valence-corrected chi connectivity index (χ2v) is 9.98. The molecule has 2 aromatic rings. The Hall–Kier alpha value is -2.49. The maximum absolute atomic E-state index is 13.3. The highest BCUT2D eigenvalue weighted by Crippen LogP contribution is 2.30. The molecule has 1 aromatic carbocycles. The van der Waals surface area contributed by atoms with Crippen molar-refractivity contribution in [3.05, 3.63) is 64.3 Å². The first-order chi connectivity index (χ1) is 13.8. The van der Waals surface area contributed by atoms with Gasteiger partial charge >= 0.3 is 0 Å². The summed E-state index contributed by atoms with van der Waals surface area (Å²) in [5.41, 5.74) is 0.345. The van der Waals surface area contributed by atoms with Gasteiger partial charge in [0.05, 0.1) is 12.2 Å². The van der Waals surface area contributed by atoms with Crippen molar-refractivity contribution in [3.63, 3.8) is 0 Å². The molecule has 7 nitrogen and oxygen atoms in total. The summed E-state index contributed by atoms with van der Waals surface area (Å²) in [6, 6.07) is 9.54. The second kappa shape index (κ2) is 7.40. The Balaban J connectivity index is 1.85. The van der Waals surface area contributed by atoms with Crippen molar-refractivity contribution in [2.45, 2.75) is 30.3 Å². The molecule has 1 N–H and O–H groups in total. The second-order valence-electron chi connectivity index (χ2n) is 7.13. The van der Waals surface area contributed by atoms with E-state index < -0.39 is 15.8 Å². The highest BCUT2D eigenvalue weighted by molar-refractivity contribution is 7.91. The van der Waals surface area contributed by atoms with E-state index in [0.717, 1.165) is 11.3 Å². The molecule has 2 heterocycles. The fourth-order valence-corrected chi connectivity index (χ4v) is 5.78. The predicted molar refractivity (Wildman–Crippen MR) is 108 cm³/mol. The largest absolute Gasteiger partial charge is 0.372 e. The number of carbonyl (C=O) groups excluding carboxylic acids is 2. The normalized spacial score (nSPS) is 22.6. The zero-order valence-corrected chi connectivity index (χ0v) is 17.5. The lowest BCUT2D eigenvalue weighted by molar-refractivity contribution is -0.0574. The highest BCUT2D eigenvalue weighted by atomic mass is 32.2. The summed E-state index contributed by atoms with van der Waals surface area (Å²) in [4.78, 5) is 28.3. The van der Waals surface area contributed by atoms with Crippen LogP contribution >= 0.6 is 11.3 Å². The lowest BCUT2D eigenvalue weighted by Crippen LogP contribution is -2.49. The van der Waals surface area contributed by atoms with Crippen LogP contribution < -0.4 is 4.72 Å². The summed E-state index contributed by atoms with van der Waals surface area (Å²) in [5, 5.41) is 1.64. The molecule has 0 unspecified atom stereocenters. The fourth-order valence-electron chi connectivity index (χ4n) is 3.72. The van der Waals surface area contributed by atoms with Crippen molar-refractivity contribution < 1.29 is 22.7 Å². The van der Waals surface area contributed by atoms with Crippen LogP contribution in [0, 0.1) is 0 Å². The minimum atomic E-state index is -3.99. The van der Waals surface area contributed by atoms with Gasteiger partial charge in [-0.1, -0.05) is 30.3 Å². The van der Waals surface area contributed by atoms with E-state index in [1.165, 1.54) is 12.1 Å². The van der Waals surface area contributed by atoms with Gasteiger partial charge in [-0.05, 0) is 25.3 Å². The number of nitrogens with one attached hydrogen (secondary N) is 1. The monoisotopic (exact) mass is 432 g/mol. The Kier molecular flexibility index (Phi) is 5.05. The number of Topliss-reactive ketones (excluding diaryl/α,β-unsaturated/α-hetero) is 2. The van der Waals surface area contributed by atoms with E-state index in [1.54, 1.807) is 34.5 Å². The number of thiophene rings is 1. The maximum atomic E-state index is 13.3. The van der Waals surface area contributed by atoms with Crippen molar-refractivity contribution >= 4 is 32.9 Å². The predicted octanol–water partition coefficient (Wildman–Crippen LogP) is 2.43. The summed E-state index contributed by atoms with van der Waals surface area (Å²) < 4.78 is 33.9. The molecule has 2 aliphatic rings. The van der Waals surface area contributed by atoms with Crippen molar-refractivity contribution in [1.82, 2.24) is 9.62 Å². The molecule has 1 aliphatic heterocycles. The lowest BCUT2D eigenvalue weighted by Gasteiger charge is -2.39. The van der Waals surface area contributed by atoms with Gasteiger partial charge in [-0.15, -0.1) is 11.3 Å². The Morgan fingerprint density at radius 3 is 2.21 bits per heavy atom. The molecule has 0 amide bonds. The Morgan fingerprint density at radius 2 is 1.62 bits per heavy atom. The number of ether oxygens (including phenoxy) is 1. The number of nitrogens with zero attached hydrogens (tertiary/aromatic N) is 1. The highest BCUT2D eigenvalue weighted by Gasteiger charge is 2.39. The van der Waals surface area contributed by atoms with Crippen LogP contribution in [-0.2, 0) is 14.8 Å². The number of carbonyl (C=O) groups is 2. The van der Waals surface area contributed by atoms with Crippen LogP contribution in [0.3, 0.4) is 0 Å². The average Bonchev–Trinajstić information content (AvgIpc) is 3.21. The molecule has 1 saturated heterocycles. The Morgan fingerprint density at radius 1 is 1.00 bits per heavy atom. The molecule has 0 saturated carbocycles. The first-order valence-electron chi connectivity index (χ1n) is 9.17. The van der Waals surface area contributed by atoms with E-state index in [9.17, 15) is 18.0 Å². The molecule has 1 aromatic heterocycles. The number of hydrogen-bond donors (Lipinski definition) is 1. The van der Waals surface area contributed by atoms with Gasteiger partial charge in [0, 0.05) is 24.2 Å². The molecule has 0 spiro atoms. The minimum absolute atomic E-state index is 0.0761. The number of allylic oxidation sites excluding steroid dienone is 2. The summed E-state index contributed by atoms with van der Waals surface area (Å²) >= 11 is 1.04. The van der Waals surface area contributed by atoms with E-state index >= 15 is 0 Å². The smallest absolute Gasteiger partial charge is 0.271 e. The van der Waals surface area contributed by atoms with Gasteiger partial charge < -0.3 is 9.64 Å². The number of benzene rings is 1. The van der Waals surface area contributed by atoms with E-state index in [1.807, 2.05) is 13.8 Å². The third-order valence-corrected chi connectivity index (χ3v) is 7.57. The van der Waals surface area contributed by atoms with Crippen LogP contribution in [0.25, 0.3) is 0 Å². The van der Waals surface area contributed by atoms with Crippen LogP contribution in [0.4, 0.5) is 0 Å². The average molecular weight is 433 g/mol. The molecule has 9 heteroatoms. The van der Waals surface area contributed by atoms with Crippen LogP contribution in [-0.4, -0.2) is 50.2 Å². The number of hydrogen-bond acceptors (Lipinski definition) is 7. The molecule has 0 radical (unpaired) electrons. The van der Waals surface area contributed by atoms with Gasteiger partial charge in [-0.25, -0.2) is 8.42 Å². The molecule has 4 rings (SSSR count). The third-order valence-electron chi connectivity index (χ3n) is 4.83. The van der Waals surface area contributed by atoms with Crippen molar-refractivity contribution in [2.75, 3.05) is 13.1 Å². The standard InChI is InChI=1S/C20H20N2O5S2/c1-12-10-22(11-13(2)27-12)18-17(21-29(25,26)16-8-5-9-28-16)19(23)14-6-3-4-7-15(14)20(18)24/h3-9,12-13,21H,10-11H2,1-2H3/t12-,13+. The van der Waals surface area contributed by atoms with Crippen molar-refractivity contribution in [3.8, 4) is 0 Å². The number of sulfonamides is 1. The third kappa shape index (κ3) is 3.61. The van der Waals surface area contributed by atoms with E-state index in [4.69, 9.17) is 4.74 Å².